The van der Waals surface area contributed by atoms with E-state index in [2.05, 4.69) is 0 Å². The number of benzene rings is 1. The molecule has 0 aromatic heterocycles. The molecule has 124 valence electrons. The molecule has 0 saturated carbocycles. The number of carbonyl (C=O) groups is 1. The van der Waals surface area contributed by atoms with Crippen molar-refractivity contribution < 1.29 is 36.2 Å². The van der Waals surface area contributed by atoms with Crippen molar-refractivity contribution in [3.05, 3.63) is 23.5 Å². The van der Waals surface area contributed by atoms with E-state index in [-0.39, 0.29) is 17.1 Å². The normalized spacial score (nSPS) is 13.0. The molecule has 1 rings (SSSR count). The van der Waals surface area contributed by atoms with Gasteiger partial charge in [0, 0.05) is 11.6 Å². The molecule has 0 aliphatic carbocycles. The van der Waals surface area contributed by atoms with Crippen molar-refractivity contribution in [2.75, 3.05) is 14.2 Å². The second-order valence-corrected chi connectivity index (χ2v) is 4.35. The predicted octanol–water partition coefficient (Wildman–Crippen LogP) is 2.92. The van der Waals surface area contributed by atoms with Crippen molar-refractivity contribution in [3.63, 3.8) is 0 Å². The number of alkyl halides is 4. The van der Waals surface area contributed by atoms with E-state index in [0.29, 0.717) is 0 Å². The topological polar surface area (TPSA) is 47.6 Å². The highest BCUT2D eigenvalue weighted by molar-refractivity contribution is 5.84. The maximum Gasteiger partial charge on any atom is 0.383 e. The van der Waals surface area contributed by atoms with Crippen LogP contribution in [0, 0.1) is 5.82 Å². The molecule has 1 amide bonds. The number of methoxy groups -OCH3 is 2. The lowest BCUT2D eigenvalue weighted by molar-refractivity contribution is -0.170. The third-order valence-electron chi connectivity index (χ3n) is 2.89. The average Bonchev–Trinajstić information content (AvgIpc) is 2.46. The number of carbonyl (C=O) groups excluding carboxylic acids is 1. The summed E-state index contributed by atoms with van der Waals surface area (Å²) in [5.41, 5.74) is -0.212. The second-order valence-electron chi connectivity index (χ2n) is 4.35. The van der Waals surface area contributed by atoms with Crippen LogP contribution in [0.1, 0.15) is 18.5 Å². The van der Waals surface area contributed by atoms with Gasteiger partial charge in [-0.15, -0.1) is 0 Å². The number of nitrogens with one attached hydrogen (secondary N) is 1. The van der Waals surface area contributed by atoms with Crippen LogP contribution < -0.4 is 14.8 Å². The van der Waals surface area contributed by atoms with Crippen molar-refractivity contribution in [1.82, 2.24) is 5.32 Å². The van der Waals surface area contributed by atoms with Crippen LogP contribution in [0.2, 0.25) is 0 Å². The number of hydrogen-bond donors (Lipinski definition) is 1. The number of ether oxygens (including phenoxy) is 2. The van der Waals surface area contributed by atoms with Gasteiger partial charge in [-0.2, -0.15) is 8.78 Å². The summed E-state index contributed by atoms with van der Waals surface area (Å²) in [5, 5.41) is 1.64. The zero-order chi connectivity index (χ0) is 17.1. The van der Waals surface area contributed by atoms with E-state index in [1.54, 1.807) is 5.32 Å². The zero-order valence-corrected chi connectivity index (χ0v) is 11.9. The van der Waals surface area contributed by atoms with Gasteiger partial charge in [-0.05, 0) is 13.0 Å². The smallest absolute Gasteiger partial charge is 0.383 e. The van der Waals surface area contributed by atoms with Crippen LogP contribution in [0.4, 0.5) is 22.0 Å². The second kappa shape index (κ2) is 6.80. The van der Waals surface area contributed by atoms with E-state index in [1.807, 2.05) is 0 Å². The zero-order valence-electron chi connectivity index (χ0n) is 11.9. The van der Waals surface area contributed by atoms with Crippen LogP contribution in [0.5, 0.6) is 11.5 Å². The Bertz CT molecular complexity index is 551. The van der Waals surface area contributed by atoms with Crippen molar-refractivity contribution in [3.8, 4) is 11.5 Å². The van der Waals surface area contributed by atoms with E-state index < -0.39 is 30.1 Å². The third kappa shape index (κ3) is 3.58. The highest BCUT2D eigenvalue weighted by atomic mass is 19.3. The number of halogens is 5. The van der Waals surface area contributed by atoms with E-state index >= 15 is 0 Å². The van der Waals surface area contributed by atoms with Gasteiger partial charge in [0.15, 0.2) is 11.5 Å². The van der Waals surface area contributed by atoms with E-state index in [9.17, 15) is 26.7 Å². The third-order valence-corrected chi connectivity index (χ3v) is 2.89. The van der Waals surface area contributed by atoms with Gasteiger partial charge in [0.25, 0.3) is 5.91 Å². The van der Waals surface area contributed by atoms with Crippen LogP contribution in [0.25, 0.3) is 0 Å². The Kier molecular flexibility index (Phi) is 5.56. The molecule has 9 heteroatoms. The van der Waals surface area contributed by atoms with Crippen molar-refractivity contribution in [1.29, 1.82) is 0 Å². The fourth-order valence-corrected chi connectivity index (χ4v) is 1.67. The van der Waals surface area contributed by atoms with Gasteiger partial charge in [-0.25, -0.2) is 13.2 Å². The molecule has 0 radical (unpaired) electrons. The molecule has 1 aromatic rings. The predicted molar refractivity (Wildman–Crippen MR) is 67.0 cm³/mol. The fraction of sp³-hybridized carbons (Fsp3) is 0.462. The Morgan fingerprint density at radius 3 is 2.14 bits per heavy atom. The molecule has 0 aliphatic heterocycles. The van der Waals surface area contributed by atoms with E-state index in [0.717, 1.165) is 12.1 Å². The molecule has 0 saturated heterocycles. The quantitative estimate of drug-likeness (QED) is 0.817. The molecule has 1 N–H and O–H groups in total. The summed E-state index contributed by atoms with van der Waals surface area (Å²) in [5.74, 6) is -7.77. The summed E-state index contributed by atoms with van der Waals surface area (Å²) in [4.78, 5) is 11.2. The molecule has 0 aliphatic rings. The minimum absolute atomic E-state index is 0.0557. The lowest BCUT2D eigenvalue weighted by Gasteiger charge is -2.20. The van der Waals surface area contributed by atoms with Crippen LogP contribution in [-0.4, -0.2) is 32.5 Å². The standard InChI is InChI=1S/C13H14F5NO3/c1-6(19-12(20)13(17,18)11(15)16)7-4-9(21-2)10(22-3)5-8(7)14/h4-6,11H,1-3H3,(H,19,20)/t6-/m0/s1. The molecule has 0 spiro atoms. The lowest BCUT2D eigenvalue weighted by Crippen LogP contribution is -2.46. The summed E-state index contributed by atoms with van der Waals surface area (Å²) in [7, 11) is 2.54. The Morgan fingerprint density at radius 2 is 1.68 bits per heavy atom. The Balaban J connectivity index is 3.04. The van der Waals surface area contributed by atoms with Gasteiger partial charge in [0.05, 0.1) is 20.3 Å². The average molecular weight is 327 g/mol. The first-order chi connectivity index (χ1) is 10.1. The molecular weight excluding hydrogens is 313 g/mol. The van der Waals surface area contributed by atoms with Crippen LogP contribution in [-0.2, 0) is 4.79 Å². The molecule has 0 unspecified atom stereocenters. The number of rotatable bonds is 6. The Morgan fingerprint density at radius 1 is 1.18 bits per heavy atom. The maximum atomic E-state index is 13.9. The molecule has 0 heterocycles. The molecule has 22 heavy (non-hydrogen) atoms. The highest BCUT2D eigenvalue weighted by Crippen LogP contribution is 2.33. The van der Waals surface area contributed by atoms with Gasteiger partial charge >= 0.3 is 12.3 Å². The first-order valence-corrected chi connectivity index (χ1v) is 6.03. The molecule has 4 nitrogen and oxygen atoms in total. The van der Waals surface area contributed by atoms with Crippen LogP contribution >= 0.6 is 0 Å². The molecule has 0 fully saturated rings. The summed E-state index contributed by atoms with van der Waals surface area (Å²) >= 11 is 0. The van der Waals surface area contributed by atoms with Crippen LogP contribution in [0.15, 0.2) is 12.1 Å². The summed E-state index contributed by atoms with van der Waals surface area (Å²) < 4.78 is 73.6. The van der Waals surface area contributed by atoms with Gasteiger partial charge in [0.1, 0.15) is 5.82 Å². The molecule has 1 atom stereocenters. The number of amides is 1. The van der Waals surface area contributed by atoms with Gasteiger partial charge in [0.2, 0.25) is 0 Å². The van der Waals surface area contributed by atoms with Crippen molar-refractivity contribution in [2.45, 2.75) is 25.3 Å². The largest absolute Gasteiger partial charge is 0.493 e. The Hall–Kier alpha value is -2.06. The fourth-order valence-electron chi connectivity index (χ4n) is 1.67. The lowest BCUT2D eigenvalue weighted by atomic mass is 10.1. The molecular formula is C13H14F5NO3. The maximum absolute atomic E-state index is 13.9. The minimum atomic E-state index is -4.86. The molecule has 0 bridgehead atoms. The van der Waals surface area contributed by atoms with Gasteiger partial charge in [-0.1, -0.05) is 0 Å². The Labute approximate surface area is 123 Å². The van der Waals surface area contributed by atoms with Crippen molar-refractivity contribution in [2.24, 2.45) is 0 Å². The summed E-state index contributed by atoms with van der Waals surface area (Å²) in [6.45, 7) is 1.17. The highest BCUT2D eigenvalue weighted by Gasteiger charge is 2.49. The van der Waals surface area contributed by atoms with E-state index in [4.69, 9.17) is 9.47 Å². The van der Waals surface area contributed by atoms with Gasteiger partial charge < -0.3 is 14.8 Å². The molecule has 1 aromatic carbocycles. The number of hydrogen-bond acceptors (Lipinski definition) is 3. The summed E-state index contributed by atoms with van der Waals surface area (Å²) in [6.07, 6.45) is -4.16. The van der Waals surface area contributed by atoms with E-state index in [1.165, 1.54) is 21.1 Å². The summed E-state index contributed by atoms with van der Waals surface area (Å²) in [6, 6.07) is 0.777. The van der Waals surface area contributed by atoms with Gasteiger partial charge in [-0.3, -0.25) is 4.79 Å². The monoisotopic (exact) mass is 327 g/mol. The SMILES string of the molecule is COc1cc(F)c([C@H](C)NC(=O)C(F)(F)C(F)F)cc1OC. The van der Waals surface area contributed by atoms with Crippen molar-refractivity contribution >= 4 is 5.91 Å². The first-order valence-electron chi connectivity index (χ1n) is 6.03. The first kappa shape index (κ1) is 18.0. The van der Waals surface area contributed by atoms with Crippen LogP contribution in [0.3, 0.4) is 0 Å². The minimum Gasteiger partial charge on any atom is -0.493 e.